The first-order chi connectivity index (χ1) is 6.72. The van der Waals surface area contributed by atoms with Gasteiger partial charge in [-0.1, -0.05) is 41.0 Å². The highest BCUT2D eigenvalue weighted by molar-refractivity contribution is 5.80. The maximum Gasteiger partial charge on any atom is 0.133 e. The van der Waals surface area contributed by atoms with E-state index in [9.17, 15) is 4.79 Å². The van der Waals surface area contributed by atoms with Crippen LogP contribution in [0.3, 0.4) is 0 Å². The van der Waals surface area contributed by atoms with E-state index in [1.165, 1.54) is 19.3 Å². The molecular weight excluding hydrogens is 184 g/mol. The third kappa shape index (κ3) is 3.96. The van der Waals surface area contributed by atoms with Crippen molar-refractivity contribution in [2.45, 2.75) is 66.7 Å². The molecule has 88 valence electrons. The number of hydrogen-bond donors (Lipinski definition) is 0. The highest BCUT2D eigenvalue weighted by Gasteiger charge is 2.40. The molecule has 0 aromatic carbocycles. The lowest BCUT2D eigenvalue weighted by atomic mass is 9.62. The van der Waals surface area contributed by atoms with Crippen LogP contribution in [0.1, 0.15) is 66.7 Å². The topological polar surface area (TPSA) is 17.1 Å². The Labute approximate surface area is 94.6 Å². The van der Waals surface area contributed by atoms with Gasteiger partial charge in [0.05, 0.1) is 0 Å². The Morgan fingerprint density at radius 1 is 1.20 bits per heavy atom. The minimum Gasteiger partial charge on any atom is -0.300 e. The molecule has 1 aliphatic rings. The van der Waals surface area contributed by atoms with E-state index in [1.54, 1.807) is 0 Å². The Hall–Kier alpha value is -0.330. The summed E-state index contributed by atoms with van der Waals surface area (Å²) in [7, 11) is 0. The van der Waals surface area contributed by atoms with Gasteiger partial charge in [-0.3, -0.25) is 4.79 Å². The molecule has 1 nitrogen and oxygen atoms in total. The molecule has 0 N–H and O–H groups in total. The molecule has 1 rings (SSSR count). The predicted molar refractivity (Wildman–Crippen MR) is 64.8 cm³/mol. The Balaban J connectivity index is 2.62. The summed E-state index contributed by atoms with van der Waals surface area (Å²) < 4.78 is 0. The Morgan fingerprint density at radius 2 is 1.80 bits per heavy atom. The van der Waals surface area contributed by atoms with E-state index in [4.69, 9.17) is 0 Å². The van der Waals surface area contributed by atoms with E-state index in [0.29, 0.717) is 5.78 Å². The second kappa shape index (κ2) is 4.27. The minimum atomic E-state index is 0.223. The van der Waals surface area contributed by atoms with E-state index < -0.39 is 0 Å². The second-order valence-corrected chi connectivity index (χ2v) is 6.98. The fourth-order valence-electron chi connectivity index (χ4n) is 3.17. The fourth-order valence-corrected chi connectivity index (χ4v) is 3.17. The standard InChI is InChI=1S/C14H26O/c1-11(2)6-7-14(5)9-12(15)8-13(3,4)10-14/h11H,6-10H2,1-5H3. The molecule has 0 amide bonds. The summed E-state index contributed by atoms with van der Waals surface area (Å²) in [6, 6.07) is 0. The van der Waals surface area contributed by atoms with Crippen molar-refractivity contribution in [2.75, 3.05) is 0 Å². The number of carbonyl (C=O) groups is 1. The first-order valence-corrected chi connectivity index (χ1v) is 6.24. The van der Waals surface area contributed by atoms with Crippen LogP contribution in [0.15, 0.2) is 0 Å². The van der Waals surface area contributed by atoms with Gasteiger partial charge in [-0.05, 0) is 29.6 Å². The van der Waals surface area contributed by atoms with Crippen molar-refractivity contribution in [3.63, 3.8) is 0 Å². The van der Waals surface area contributed by atoms with Gasteiger partial charge in [-0.25, -0.2) is 0 Å². The van der Waals surface area contributed by atoms with Crippen LogP contribution in [-0.4, -0.2) is 5.78 Å². The maximum atomic E-state index is 11.7. The van der Waals surface area contributed by atoms with E-state index in [-0.39, 0.29) is 10.8 Å². The van der Waals surface area contributed by atoms with Crippen LogP contribution in [0.5, 0.6) is 0 Å². The Morgan fingerprint density at radius 3 is 2.27 bits per heavy atom. The molecule has 1 saturated carbocycles. The van der Waals surface area contributed by atoms with Crippen LogP contribution in [-0.2, 0) is 4.79 Å². The normalized spacial score (nSPS) is 30.9. The van der Waals surface area contributed by atoms with Crippen molar-refractivity contribution in [3.8, 4) is 0 Å². The van der Waals surface area contributed by atoms with Crippen LogP contribution < -0.4 is 0 Å². The first kappa shape index (κ1) is 12.7. The average Bonchev–Trinajstić information content (AvgIpc) is 1.96. The zero-order valence-electron chi connectivity index (χ0n) is 11.0. The summed E-state index contributed by atoms with van der Waals surface area (Å²) in [6.45, 7) is 11.3. The predicted octanol–water partition coefficient (Wildman–Crippen LogP) is 4.21. The molecule has 1 atom stereocenters. The van der Waals surface area contributed by atoms with Gasteiger partial charge in [0.2, 0.25) is 0 Å². The number of rotatable bonds is 3. The largest absolute Gasteiger partial charge is 0.300 e. The van der Waals surface area contributed by atoms with Crippen molar-refractivity contribution in [1.29, 1.82) is 0 Å². The van der Waals surface area contributed by atoms with Gasteiger partial charge < -0.3 is 0 Å². The number of carbonyl (C=O) groups excluding carboxylic acids is 1. The maximum absolute atomic E-state index is 11.7. The molecular formula is C14H26O. The van der Waals surface area contributed by atoms with Gasteiger partial charge in [0.15, 0.2) is 0 Å². The molecule has 1 unspecified atom stereocenters. The van der Waals surface area contributed by atoms with Crippen molar-refractivity contribution in [3.05, 3.63) is 0 Å². The van der Waals surface area contributed by atoms with Crippen LogP contribution >= 0.6 is 0 Å². The van der Waals surface area contributed by atoms with Crippen LogP contribution in [0, 0.1) is 16.7 Å². The van der Waals surface area contributed by atoms with Gasteiger partial charge in [0.1, 0.15) is 5.78 Å². The van der Waals surface area contributed by atoms with Crippen LogP contribution in [0.25, 0.3) is 0 Å². The summed E-state index contributed by atoms with van der Waals surface area (Å²) in [5.74, 6) is 1.22. The summed E-state index contributed by atoms with van der Waals surface area (Å²) in [4.78, 5) is 11.7. The number of ketones is 1. The summed E-state index contributed by atoms with van der Waals surface area (Å²) >= 11 is 0. The number of Topliss-reactive ketones (excluding diaryl/α,β-unsaturated/α-hetero) is 1. The molecule has 0 radical (unpaired) electrons. The fraction of sp³-hybridized carbons (Fsp3) is 0.929. The summed E-state index contributed by atoms with van der Waals surface area (Å²) in [5.41, 5.74) is 0.490. The lowest BCUT2D eigenvalue weighted by Crippen LogP contribution is -2.36. The molecule has 0 heterocycles. The quantitative estimate of drug-likeness (QED) is 0.682. The van der Waals surface area contributed by atoms with Gasteiger partial charge in [0.25, 0.3) is 0 Å². The molecule has 1 fully saturated rings. The molecule has 0 spiro atoms. The van der Waals surface area contributed by atoms with Crippen molar-refractivity contribution in [1.82, 2.24) is 0 Å². The highest BCUT2D eigenvalue weighted by Crippen LogP contribution is 2.47. The summed E-state index contributed by atoms with van der Waals surface area (Å²) in [6.07, 6.45) is 5.26. The van der Waals surface area contributed by atoms with Crippen LogP contribution in [0.4, 0.5) is 0 Å². The molecule has 15 heavy (non-hydrogen) atoms. The Kier molecular flexibility index (Phi) is 3.63. The molecule has 0 aromatic rings. The zero-order chi connectivity index (χ0) is 11.7. The average molecular weight is 210 g/mol. The SMILES string of the molecule is CC(C)CCC1(C)CC(=O)CC(C)(C)C1. The molecule has 0 aliphatic heterocycles. The third-order valence-corrected chi connectivity index (χ3v) is 3.53. The van der Waals surface area contributed by atoms with E-state index in [2.05, 4.69) is 34.6 Å². The molecule has 1 aliphatic carbocycles. The van der Waals surface area contributed by atoms with Crippen molar-refractivity contribution < 1.29 is 4.79 Å². The second-order valence-electron chi connectivity index (χ2n) is 6.98. The van der Waals surface area contributed by atoms with Gasteiger partial charge in [-0.15, -0.1) is 0 Å². The van der Waals surface area contributed by atoms with E-state index >= 15 is 0 Å². The summed E-state index contributed by atoms with van der Waals surface area (Å²) in [5, 5.41) is 0. The highest BCUT2D eigenvalue weighted by atomic mass is 16.1. The molecule has 1 heteroatoms. The molecule has 0 aromatic heterocycles. The van der Waals surface area contributed by atoms with E-state index in [1.807, 2.05) is 0 Å². The Bertz CT molecular complexity index is 240. The van der Waals surface area contributed by atoms with Crippen LogP contribution in [0.2, 0.25) is 0 Å². The lowest BCUT2D eigenvalue weighted by molar-refractivity contribution is -0.127. The smallest absolute Gasteiger partial charge is 0.133 e. The van der Waals surface area contributed by atoms with Gasteiger partial charge in [-0.2, -0.15) is 0 Å². The lowest BCUT2D eigenvalue weighted by Gasteiger charge is -2.42. The third-order valence-electron chi connectivity index (χ3n) is 3.53. The molecule has 0 saturated heterocycles. The molecule has 0 bridgehead atoms. The van der Waals surface area contributed by atoms with E-state index in [0.717, 1.165) is 18.8 Å². The number of hydrogen-bond acceptors (Lipinski definition) is 1. The van der Waals surface area contributed by atoms with Crippen molar-refractivity contribution in [2.24, 2.45) is 16.7 Å². The first-order valence-electron chi connectivity index (χ1n) is 6.24. The van der Waals surface area contributed by atoms with Gasteiger partial charge >= 0.3 is 0 Å². The minimum absolute atomic E-state index is 0.223. The van der Waals surface area contributed by atoms with Crippen molar-refractivity contribution >= 4 is 5.78 Å². The zero-order valence-corrected chi connectivity index (χ0v) is 11.0. The van der Waals surface area contributed by atoms with Gasteiger partial charge in [0, 0.05) is 12.8 Å². The monoisotopic (exact) mass is 210 g/mol.